The molecule has 0 bridgehead atoms. The average molecular weight is 303 g/mol. The van der Waals surface area contributed by atoms with Crippen LogP contribution in [-0.4, -0.2) is 0 Å². The van der Waals surface area contributed by atoms with Gasteiger partial charge in [-0.2, -0.15) is 0 Å². The molecule has 1 fully saturated rings. The Hall–Kier alpha value is -0.0500. The Morgan fingerprint density at radius 2 is 1.94 bits per heavy atom. The molecular formula is C13H17BrClN. The van der Waals surface area contributed by atoms with Crippen LogP contribution in [0.15, 0.2) is 22.7 Å². The van der Waals surface area contributed by atoms with Gasteiger partial charge in [0.05, 0.1) is 0 Å². The lowest BCUT2D eigenvalue weighted by atomic mass is 9.81. The molecule has 1 unspecified atom stereocenters. The second-order valence-corrected chi connectivity index (χ2v) is 5.88. The molecule has 1 aromatic carbocycles. The van der Waals surface area contributed by atoms with Crippen molar-refractivity contribution in [2.45, 2.75) is 38.1 Å². The number of hydrogen-bond donors (Lipinski definition) is 1. The minimum atomic E-state index is 0.119. The van der Waals surface area contributed by atoms with E-state index in [1.807, 2.05) is 18.2 Å². The van der Waals surface area contributed by atoms with Gasteiger partial charge in [-0.15, -0.1) is 0 Å². The molecule has 1 nitrogen and oxygen atoms in total. The van der Waals surface area contributed by atoms with E-state index >= 15 is 0 Å². The van der Waals surface area contributed by atoms with E-state index in [0.29, 0.717) is 5.92 Å². The summed E-state index contributed by atoms with van der Waals surface area (Å²) >= 11 is 9.58. The Labute approximate surface area is 110 Å². The van der Waals surface area contributed by atoms with Crippen molar-refractivity contribution in [3.8, 4) is 0 Å². The normalized spacial score (nSPS) is 19.7. The van der Waals surface area contributed by atoms with Crippen molar-refractivity contribution in [2.75, 3.05) is 0 Å². The molecule has 2 rings (SSSR count). The molecule has 0 aliphatic heterocycles. The Bertz CT molecular complexity index is 361. The molecule has 0 saturated heterocycles. The fraction of sp³-hybridized carbons (Fsp3) is 0.538. The van der Waals surface area contributed by atoms with Gasteiger partial charge in [0, 0.05) is 15.5 Å². The maximum Gasteiger partial charge on any atom is 0.0410 e. The fourth-order valence-electron chi connectivity index (χ4n) is 2.52. The molecule has 16 heavy (non-hydrogen) atoms. The van der Waals surface area contributed by atoms with Crippen LogP contribution in [0.25, 0.3) is 0 Å². The van der Waals surface area contributed by atoms with Crippen LogP contribution in [0.2, 0.25) is 5.02 Å². The molecular weight excluding hydrogens is 286 g/mol. The first-order chi connectivity index (χ1) is 7.68. The Morgan fingerprint density at radius 3 is 2.62 bits per heavy atom. The van der Waals surface area contributed by atoms with Gasteiger partial charge in [0.1, 0.15) is 0 Å². The third kappa shape index (κ3) is 2.79. The zero-order chi connectivity index (χ0) is 11.5. The van der Waals surface area contributed by atoms with E-state index in [-0.39, 0.29) is 6.04 Å². The van der Waals surface area contributed by atoms with Gasteiger partial charge in [0.2, 0.25) is 0 Å². The summed E-state index contributed by atoms with van der Waals surface area (Å²) in [6, 6.07) is 5.99. The molecule has 2 N–H and O–H groups in total. The van der Waals surface area contributed by atoms with Crippen molar-refractivity contribution >= 4 is 27.5 Å². The summed E-state index contributed by atoms with van der Waals surface area (Å²) in [5, 5.41) is 0.768. The third-order valence-corrected chi connectivity index (χ3v) is 4.43. The summed E-state index contributed by atoms with van der Waals surface area (Å²) in [7, 11) is 0. The van der Waals surface area contributed by atoms with E-state index in [9.17, 15) is 0 Å². The van der Waals surface area contributed by atoms with Gasteiger partial charge in [-0.05, 0) is 42.5 Å². The lowest BCUT2D eigenvalue weighted by Gasteiger charge is -2.28. The molecule has 1 aromatic rings. The lowest BCUT2D eigenvalue weighted by molar-refractivity contribution is 0.307. The van der Waals surface area contributed by atoms with Gasteiger partial charge in [-0.1, -0.05) is 46.8 Å². The predicted octanol–water partition coefficient (Wildman–Crippen LogP) is 4.68. The molecule has 0 spiro atoms. The summed E-state index contributed by atoms with van der Waals surface area (Å²) in [4.78, 5) is 0. The van der Waals surface area contributed by atoms with Gasteiger partial charge >= 0.3 is 0 Å². The van der Waals surface area contributed by atoms with E-state index in [4.69, 9.17) is 17.3 Å². The second-order valence-electron chi connectivity index (χ2n) is 4.59. The molecule has 1 saturated carbocycles. The van der Waals surface area contributed by atoms with E-state index in [0.717, 1.165) is 15.1 Å². The highest BCUT2D eigenvalue weighted by Gasteiger charge is 2.23. The first-order valence-corrected chi connectivity index (χ1v) is 7.06. The average Bonchev–Trinajstić information content (AvgIpc) is 2.32. The van der Waals surface area contributed by atoms with Crippen molar-refractivity contribution in [3.05, 3.63) is 33.3 Å². The quantitative estimate of drug-likeness (QED) is 0.843. The van der Waals surface area contributed by atoms with Crippen molar-refractivity contribution in [1.82, 2.24) is 0 Å². The zero-order valence-corrected chi connectivity index (χ0v) is 11.6. The molecule has 0 aromatic heterocycles. The zero-order valence-electron chi connectivity index (χ0n) is 9.26. The van der Waals surface area contributed by atoms with E-state index in [1.54, 1.807) is 0 Å². The Kier molecular flexibility index (Phi) is 4.28. The summed E-state index contributed by atoms with van der Waals surface area (Å²) in [6.07, 6.45) is 6.49. The van der Waals surface area contributed by atoms with Gasteiger partial charge in [0.25, 0.3) is 0 Å². The number of benzene rings is 1. The first-order valence-electron chi connectivity index (χ1n) is 5.89. The Morgan fingerprint density at radius 1 is 1.25 bits per heavy atom. The molecule has 0 amide bonds. The van der Waals surface area contributed by atoms with Crippen molar-refractivity contribution in [2.24, 2.45) is 11.7 Å². The largest absolute Gasteiger partial charge is 0.324 e. The van der Waals surface area contributed by atoms with Crippen LogP contribution < -0.4 is 5.73 Å². The van der Waals surface area contributed by atoms with Crippen LogP contribution in [0.5, 0.6) is 0 Å². The molecule has 0 heterocycles. The monoisotopic (exact) mass is 301 g/mol. The van der Waals surface area contributed by atoms with Crippen LogP contribution in [-0.2, 0) is 0 Å². The fourth-order valence-corrected chi connectivity index (χ4v) is 3.21. The molecule has 88 valence electrons. The highest BCUT2D eigenvalue weighted by Crippen LogP contribution is 2.36. The molecule has 3 heteroatoms. The highest BCUT2D eigenvalue weighted by atomic mass is 79.9. The number of nitrogens with two attached hydrogens (primary N) is 1. The summed E-state index contributed by atoms with van der Waals surface area (Å²) in [6.45, 7) is 0. The van der Waals surface area contributed by atoms with E-state index < -0.39 is 0 Å². The van der Waals surface area contributed by atoms with Crippen molar-refractivity contribution in [1.29, 1.82) is 0 Å². The van der Waals surface area contributed by atoms with Crippen LogP contribution >= 0.6 is 27.5 Å². The number of hydrogen-bond acceptors (Lipinski definition) is 1. The van der Waals surface area contributed by atoms with Gasteiger partial charge in [0.15, 0.2) is 0 Å². The van der Waals surface area contributed by atoms with Crippen molar-refractivity contribution < 1.29 is 0 Å². The molecule has 1 atom stereocenters. The van der Waals surface area contributed by atoms with Gasteiger partial charge < -0.3 is 5.73 Å². The standard InChI is InChI=1S/C13H17BrClN/c14-12-7-6-10(15)8-11(12)13(16)9-4-2-1-3-5-9/h6-9,13H,1-5,16H2. The predicted molar refractivity (Wildman–Crippen MR) is 72.7 cm³/mol. The summed E-state index contributed by atoms with van der Waals surface area (Å²) in [5.41, 5.74) is 7.50. The maximum atomic E-state index is 6.35. The molecule has 1 aliphatic rings. The second kappa shape index (κ2) is 5.52. The van der Waals surface area contributed by atoms with Crippen LogP contribution in [0.1, 0.15) is 43.7 Å². The van der Waals surface area contributed by atoms with E-state index in [2.05, 4.69) is 15.9 Å². The van der Waals surface area contributed by atoms with E-state index in [1.165, 1.54) is 32.1 Å². The van der Waals surface area contributed by atoms with Crippen LogP contribution in [0.3, 0.4) is 0 Å². The molecule has 1 aliphatic carbocycles. The molecule has 0 radical (unpaired) electrons. The highest BCUT2D eigenvalue weighted by molar-refractivity contribution is 9.10. The Balaban J connectivity index is 2.18. The topological polar surface area (TPSA) is 26.0 Å². The SMILES string of the molecule is NC(c1cc(Cl)ccc1Br)C1CCCCC1. The van der Waals surface area contributed by atoms with Gasteiger partial charge in [-0.25, -0.2) is 0 Å². The van der Waals surface area contributed by atoms with Gasteiger partial charge in [-0.3, -0.25) is 0 Å². The minimum Gasteiger partial charge on any atom is -0.324 e. The smallest absolute Gasteiger partial charge is 0.0410 e. The minimum absolute atomic E-state index is 0.119. The van der Waals surface area contributed by atoms with Crippen LogP contribution in [0, 0.1) is 5.92 Å². The third-order valence-electron chi connectivity index (χ3n) is 3.47. The number of halogens is 2. The van der Waals surface area contributed by atoms with Crippen LogP contribution in [0.4, 0.5) is 0 Å². The summed E-state index contributed by atoms with van der Waals surface area (Å²) in [5.74, 6) is 0.614. The maximum absolute atomic E-state index is 6.35. The first kappa shape index (κ1) is 12.4. The number of rotatable bonds is 2. The summed E-state index contributed by atoms with van der Waals surface area (Å²) < 4.78 is 1.08. The lowest BCUT2D eigenvalue weighted by Crippen LogP contribution is -2.23. The van der Waals surface area contributed by atoms with Crippen molar-refractivity contribution in [3.63, 3.8) is 0 Å².